The molecule has 14 nitrogen and oxygen atoms in total. The number of halogens is 1. The number of unbranched alkanes of at least 4 members (excludes halogenated alkanes) is 5. The Bertz CT molecular complexity index is 2530. The van der Waals surface area contributed by atoms with Gasteiger partial charge in [0.25, 0.3) is 5.91 Å². The highest BCUT2D eigenvalue weighted by Gasteiger charge is 2.53. The number of aromatic nitrogens is 4. The van der Waals surface area contributed by atoms with Crippen molar-refractivity contribution in [2.75, 3.05) is 32.8 Å². The number of piperidine rings is 1. The summed E-state index contributed by atoms with van der Waals surface area (Å²) >= 11 is 1.56. The van der Waals surface area contributed by atoms with Gasteiger partial charge in [-0.1, -0.05) is 70.7 Å². The number of carbonyl (C=O) groups is 3. The lowest BCUT2D eigenvalue weighted by Gasteiger charge is -2.35. The summed E-state index contributed by atoms with van der Waals surface area (Å²) in [6.45, 7) is 11.2. The minimum absolute atomic E-state index is 0.0509. The molecule has 2 saturated heterocycles. The number of phenols is 1. The SMILES string of the molecule is Cc1ncsc1-c1ccc(CNC(=O)[C@@H]2C[C@@H](O)CN2C(=O)[C@@H](NC(=O)C2(F)CC2)C(C)(C)C)c(OCCCCCCCCN2CCC(c3c[nH]c4nnc(-c5ccccc5O)cc34)CC2)c1. The number of alkyl halides is 1. The minimum Gasteiger partial charge on any atom is -0.507 e. The van der Waals surface area contributed by atoms with Crippen LogP contribution in [0.3, 0.4) is 0 Å². The van der Waals surface area contributed by atoms with Crippen LogP contribution in [0.15, 0.2) is 60.2 Å². The monoisotopic (exact) mass is 936 g/mol. The van der Waals surface area contributed by atoms with Crippen molar-refractivity contribution in [3.05, 3.63) is 77.1 Å². The van der Waals surface area contributed by atoms with Crippen molar-refractivity contribution in [1.82, 2.24) is 40.6 Å². The van der Waals surface area contributed by atoms with Crippen LogP contribution in [0.5, 0.6) is 11.5 Å². The van der Waals surface area contributed by atoms with Gasteiger partial charge in [-0.3, -0.25) is 14.4 Å². The number of aliphatic hydroxyl groups excluding tert-OH is 1. The first kappa shape index (κ1) is 48.0. The Balaban J connectivity index is 0.782. The first-order chi connectivity index (χ1) is 32.2. The molecule has 0 bridgehead atoms. The lowest BCUT2D eigenvalue weighted by molar-refractivity contribution is -0.145. The van der Waals surface area contributed by atoms with Crippen molar-refractivity contribution < 1.29 is 33.7 Å². The number of aromatic hydroxyl groups is 1. The van der Waals surface area contributed by atoms with Crippen molar-refractivity contribution in [1.29, 1.82) is 0 Å². The molecule has 5 heterocycles. The molecule has 67 heavy (non-hydrogen) atoms. The number of fused-ring (bicyclic) bond motifs is 1. The first-order valence-corrected chi connectivity index (χ1v) is 24.8. The molecule has 8 rings (SSSR count). The number of hydrogen-bond acceptors (Lipinski definition) is 11. The summed E-state index contributed by atoms with van der Waals surface area (Å²) in [6.07, 6.45) is 10.2. The number of thiazole rings is 1. The van der Waals surface area contributed by atoms with Crippen molar-refractivity contribution in [3.8, 4) is 33.2 Å². The van der Waals surface area contributed by atoms with Crippen LogP contribution in [-0.2, 0) is 20.9 Å². The average molecular weight is 937 g/mol. The molecule has 1 saturated carbocycles. The molecule has 3 atom stereocenters. The van der Waals surface area contributed by atoms with E-state index in [2.05, 4.69) is 41.9 Å². The maximum atomic E-state index is 14.6. The fourth-order valence-electron chi connectivity index (χ4n) is 9.47. The first-order valence-electron chi connectivity index (χ1n) is 24.0. The molecule has 3 amide bonds. The van der Waals surface area contributed by atoms with E-state index >= 15 is 0 Å². The third kappa shape index (κ3) is 11.5. The molecule has 5 aromatic rings. The number of aliphatic hydroxyl groups is 1. The molecule has 3 aromatic heterocycles. The van der Waals surface area contributed by atoms with Crippen LogP contribution >= 0.6 is 11.3 Å². The number of aromatic amines is 1. The van der Waals surface area contributed by atoms with E-state index in [-0.39, 0.29) is 38.1 Å². The minimum atomic E-state index is -1.96. The van der Waals surface area contributed by atoms with Gasteiger partial charge >= 0.3 is 0 Å². The van der Waals surface area contributed by atoms with E-state index in [0.29, 0.717) is 29.5 Å². The molecule has 2 aromatic carbocycles. The molecule has 1 aliphatic carbocycles. The van der Waals surface area contributed by atoms with Crippen LogP contribution in [0, 0.1) is 12.3 Å². The van der Waals surface area contributed by atoms with Gasteiger partial charge in [0.05, 0.1) is 34.5 Å². The lowest BCUT2D eigenvalue weighted by Crippen LogP contribution is -2.59. The molecule has 358 valence electrons. The standard InChI is InChI=1S/C51H65FN8O6S/c1-32-44(67-31-55-32)34-15-16-35(28-54-47(63)41-26-36(61)30-60(41)48(64)45(50(2,3)4)56-49(65)51(52)19-20-51)43(25-34)66-24-12-8-6-5-7-11-21-59-22-17-33(18-23-59)39-29-53-46-38(39)27-40(57-58-46)37-13-9-10-14-42(37)62/h9-10,13-16,25,27,29,31,33,36,41,45,61-62H,5-8,11-12,17-24,26,28,30H2,1-4H3,(H,53,58)(H,54,63)(H,56,65)/t36-,41+,45-/m1/s1. The van der Waals surface area contributed by atoms with Crippen LogP contribution in [0.4, 0.5) is 4.39 Å². The van der Waals surface area contributed by atoms with Gasteiger partial charge in [-0.05, 0) is 112 Å². The number of hydrogen-bond donors (Lipinski definition) is 5. The number of benzene rings is 2. The lowest BCUT2D eigenvalue weighted by atomic mass is 9.85. The molecule has 16 heteroatoms. The predicted octanol–water partition coefficient (Wildman–Crippen LogP) is 7.97. The number of nitrogens with one attached hydrogen (secondary N) is 3. The summed E-state index contributed by atoms with van der Waals surface area (Å²) in [4.78, 5) is 53.1. The van der Waals surface area contributed by atoms with Crippen molar-refractivity contribution in [2.45, 2.75) is 135 Å². The molecule has 0 unspecified atom stereocenters. The van der Waals surface area contributed by atoms with E-state index < -0.39 is 47.0 Å². The second kappa shape index (κ2) is 20.8. The van der Waals surface area contributed by atoms with Gasteiger partial charge in [0.2, 0.25) is 11.8 Å². The molecular weight excluding hydrogens is 872 g/mol. The second-order valence-corrected chi connectivity index (χ2v) is 20.6. The number of β-amino-alcohol motifs (C(OH)–C–C–N with tert-alkyl or cyclic N) is 1. The fraction of sp³-hybridized carbons (Fsp3) is 0.529. The van der Waals surface area contributed by atoms with Gasteiger partial charge in [0.15, 0.2) is 11.3 Å². The third-order valence-corrected chi connectivity index (χ3v) is 14.7. The molecular formula is C51H65FN8O6S. The molecule has 3 aliphatic rings. The Morgan fingerprint density at radius 2 is 1.76 bits per heavy atom. The van der Waals surface area contributed by atoms with Crippen LogP contribution in [0.25, 0.3) is 32.7 Å². The maximum absolute atomic E-state index is 14.6. The number of phenolic OH excluding ortho intramolecular Hbond substituents is 1. The number of rotatable bonds is 19. The molecule has 3 fully saturated rings. The molecule has 2 aliphatic heterocycles. The predicted molar refractivity (Wildman–Crippen MR) is 257 cm³/mol. The number of ether oxygens (including phenoxy) is 1. The number of nitrogens with zero attached hydrogens (tertiary/aromatic N) is 5. The zero-order valence-electron chi connectivity index (χ0n) is 39.2. The van der Waals surface area contributed by atoms with E-state index in [0.717, 1.165) is 84.5 Å². The van der Waals surface area contributed by atoms with E-state index in [1.165, 1.54) is 29.7 Å². The highest BCUT2D eigenvalue weighted by Crippen LogP contribution is 2.41. The summed E-state index contributed by atoms with van der Waals surface area (Å²) in [6, 6.07) is 13.2. The Labute approximate surface area is 396 Å². The summed E-state index contributed by atoms with van der Waals surface area (Å²) in [5.41, 5.74) is 5.20. The smallest absolute Gasteiger partial charge is 0.258 e. The summed E-state index contributed by atoms with van der Waals surface area (Å²) in [5, 5.41) is 36.5. The molecule has 0 radical (unpaired) electrons. The van der Waals surface area contributed by atoms with Gasteiger partial charge in [0, 0.05) is 42.2 Å². The largest absolute Gasteiger partial charge is 0.507 e. The average Bonchev–Trinajstić information content (AvgIpc) is 3.57. The van der Waals surface area contributed by atoms with Crippen molar-refractivity contribution in [2.24, 2.45) is 5.41 Å². The van der Waals surface area contributed by atoms with Crippen molar-refractivity contribution >= 4 is 40.1 Å². The normalized spacial score (nSPS) is 19.1. The zero-order valence-corrected chi connectivity index (χ0v) is 40.0. The summed E-state index contributed by atoms with van der Waals surface area (Å²) in [7, 11) is 0. The van der Waals surface area contributed by atoms with Crippen LogP contribution in [-0.4, -0.2) is 115 Å². The second-order valence-electron chi connectivity index (χ2n) is 19.8. The Morgan fingerprint density at radius 3 is 2.48 bits per heavy atom. The highest BCUT2D eigenvalue weighted by molar-refractivity contribution is 7.13. The van der Waals surface area contributed by atoms with Gasteiger partial charge in [-0.25, -0.2) is 9.37 Å². The number of likely N-dealkylation sites (tertiary alicyclic amines) is 2. The Kier molecular flexibility index (Phi) is 14.9. The number of para-hydroxylation sites is 1. The number of amides is 3. The van der Waals surface area contributed by atoms with Crippen LogP contribution in [0.1, 0.15) is 114 Å². The maximum Gasteiger partial charge on any atom is 0.258 e. The van der Waals surface area contributed by atoms with Gasteiger partial charge in [0.1, 0.15) is 23.6 Å². The highest BCUT2D eigenvalue weighted by atomic mass is 32.1. The summed E-state index contributed by atoms with van der Waals surface area (Å²) < 4.78 is 21.1. The number of aryl methyl sites for hydroxylation is 1. The van der Waals surface area contributed by atoms with E-state index in [1.807, 2.05) is 48.8 Å². The van der Waals surface area contributed by atoms with Gasteiger partial charge < -0.3 is 40.4 Å². The van der Waals surface area contributed by atoms with Gasteiger partial charge in [-0.2, -0.15) is 0 Å². The number of carbonyl (C=O) groups excluding carboxylic acids is 3. The van der Waals surface area contributed by atoms with Crippen LogP contribution in [0.2, 0.25) is 0 Å². The van der Waals surface area contributed by atoms with Crippen LogP contribution < -0.4 is 15.4 Å². The summed E-state index contributed by atoms with van der Waals surface area (Å²) in [5.74, 6) is -0.439. The Morgan fingerprint density at radius 1 is 1.01 bits per heavy atom. The van der Waals surface area contributed by atoms with Gasteiger partial charge in [-0.15, -0.1) is 21.5 Å². The van der Waals surface area contributed by atoms with Crippen molar-refractivity contribution in [3.63, 3.8) is 0 Å². The van der Waals surface area contributed by atoms with E-state index in [4.69, 9.17) is 4.74 Å². The Hall–Kier alpha value is -5.45. The third-order valence-electron chi connectivity index (χ3n) is 13.7. The van der Waals surface area contributed by atoms with E-state index in [9.17, 15) is 29.0 Å². The zero-order chi connectivity index (χ0) is 47.3. The fourth-order valence-corrected chi connectivity index (χ4v) is 10.3. The number of H-pyrrole nitrogens is 1. The molecule has 5 N–H and O–H groups in total. The quantitative estimate of drug-likeness (QED) is 0.0509. The topological polar surface area (TPSA) is 186 Å². The van der Waals surface area contributed by atoms with E-state index in [1.54, 1.807) is 44.2 Å². The molecule has 0 spiro atoms.